The van der Waals surface area contributed by atoms with Crippen molar-refractivity contribution < 1.29 is 19.4 Å². The third kappa shape index (κ3) is 5.75. The second kappa shape index (κ2) is 8.02. The van der Waals surface area contributed by atoms with Crippen LogP contribution in [0.15, 0.2) is 22.7 Å². The van der Waals surface area contributed by atoms with Crippen LogP contribution in [0, 0.1) is 5.92 Å². The number of carboxylic acids is 1. The van der Waals surface area contributed by atoms with Crippen molar-refractivity contribution in [3.8, 4) is 5.75 Å². The van der Waals surface area contributed by atoms with E-state index in [0.29, 0.717) is 17.7 Å². The summed E-state index contributed by atoms with van der Waals surface area (Å²) in [6.07, 6.45) is 0.473. The second-order valence-electron chi connectivity index (χ2n) is 5.22. The number of hydrogen-bond donors (Lipinski definition) is 2. The molecular formula is C15H20BrNO4. The van der Waals surface area contributed by atoms with Crippen molar-refractivity contribution in [2.24, 2.45) is 5.92 Å². The van der Waals surface area contributed by atoms with Gasteiger partial charge in [0, 0.05) is 10.0 Å². The lowest BCUT2D eigenvalue weighted by Gasteiger charge is -2.17. The highest BCUT2D eigenvalue weighted by molar-refractivity contribution is 9.10. The van der Waals surface area contributed by atoms with Crippen molar-refractivity contribution in [1.29, 1.82) is 0 Å². The summed E-state index contributed by atoms with van der Waals surface area (Å²) >= 11 is 3.34. The van der Waals surface area contributed by atoms with Crippen LogP contribution in [-0.4, -0.2) is 30.1 Å². The highest BCUT2D eigenvalue weighted by atomic mass is 79.9. The summed E-state index contributed by atoms with van der Waals surface area (Å²) < 4.78 is 6.04. The summed E-state index contributed by atoms with van der Waals surface area (Å²) in [7, 11) is 1.53. The van der Waals surface area contributed by atoms with Crippen LogP contribution >= 0.6 is 15.9 Å². The van der Waals surface area contributed by atoms with E-state index in [-0.39, 0.29) is 18.2 Å². The molecule has 0 saturated heterocycles. The number of aliphatic carboxylic acids is 1. The van der Waals surface area contributed by atoms with Crippen molar-refractivity contribution in [3.05, 3.63) is 28.2 Å². The number of nitrogens with one attached hydrogen (secondary N) is 1. The molecule has 0 aliphatic rings. The Balaban J connectivity index is 2.76. The fourth-order valence-electron chi connectivity index (χ4n) is 2.00. The van der Waals surface area contributed by atoms with Crippen LogP contribution in [0.3, 0.4) is 0 Å². The van der Waals surface area contributed by atoms with Crippen LogP contribution in [0.5, 0.6) is 5.75 Å². The van der Waals surface area contributed by atoms with Crippen molar-refractivity contribution in [2.45, 2.75) is 32.7 Å². The molecule has 0 heterocycles. The molecule has 0 saturated carbocycles. The van der Waals surface area contributed by atoms with Gasteiger partial charge >= 0.3 is 5.97 Å². The average molecular weight is 358 g/mol. The summed E-state index contributed by atoms with van der Waals surface area (Å²) in [6, 6.07) is 4.50. The maximum Gasteiger partial charge on any atom is 0.326 e. The molecular weight excluding hydrogens is 338 g/mol. The number of hydrogen-bond acceptors (Lipinski definition) is 3. The van der Waals surface area contributed by atoms with Crippen LogP contribution in [-0.2, 0) is 16.0 Å². The Bertz CT molecular complexity index is 516. The zero-order valence-corrected chi connectivity index (χ0v) is 13.9. The minimum Gasteiger partial charge on any atom is -0.496 e. The summed E-state index contributed by atoms with van der Waals surface area (Å²) in [6.45, 7) is 3.83. The lowest BCUT2D eigenvalue weighted by atomic mass is 10.0. The molecule has 0 aliphatic heterocycles. The maximum atomic E-state index is 12.0. The van der Waals surface area contributed by atoms with E-state index in [4.69, 9.17) is 9.84 Å². The molecule has 1 atom stereocenters. The van der Waals surface area contributed by atoms with Crippen molar-refractivity contribution in [3.63, 3.8) is 0 Å². The first-order valence-corrected chi connectivity index (χ1v) is 7.47. The Kier molecular flexibility index (Phi) is 6.68. The van der Waals surface area contributed by atoms with Gasteiger partial charge in [-0.15, -0.1) is 0 Å². The Morgan fingerprint density at radius 3 is 2.57 bits per heavy atom. The third-order valence-electron chi connectivity index (χ3n) is 2.93. The zero-order chi connectivity index (χ0) is 16.0. The lowest BCUT2D eigenvalue weighted by molar-refractivity contribution is -0.142. The lowest BCUT2D eigenvalue weighted by Crippen LogP contribution is -2.42. The van der Waals surface area contributed by atoms with Gasteiger partial charge in [-0.2, -0.15) is 0 Å². The molecule has 0 fully saturated rings. The van der Waals surface area contributed by atoms with E-state index < -0.39 is 12.0 Å². The van der Waals surface area contributed by atoms with E-state index >= 15 is 0 Å². The van der Waals surface area contributed by atoms with Gasteiger partial charge in [0.25, 0.3) is 0 Å². The number of carbonyl (C=O) groups excluding carboxylic acids is 1. The number of amides is 1. The predicted molar refractivity (Wildman–Crippen MR) is 83.4 cm³/mol. The molecule has 21 heavy (non-hydrogen) atoms. The van der Waals surface area contributed by atoms with Crippen molar-refractivity contribution in [1.82, 2.24) is 5.32 Å². The highest BCUT2D eigenvalue weighted by Gasteiger charge is 2.21. The number of rotatable bonds is 7. The van der Waals surface area contributed by atoms with E-state index in [2.05, 4.69) is 21.2 Å². The molecule has 116 valence electrons. The third-order valence-corrected chi connectivity index (χ3v) is 3.43. The number of carboxylic acid groups (broad SMARTS) is 1. The SMILES string of the molecule is COc1ccc(Br)cc1CC(=O)N[C@@H](CC(C)C)C(=O)O. The minimum absolute atomic E-state index is 0.0739. The Labute approximate surface area is 132 Å². The molecule has 0 spiro atoms. The van der Waals surface area contributed by atoms with Crippen LogP contribution < -0.4 is 10.1 Å². The first kappa shape index (κ1) is 17.5. The molecule has 0 bridgehead atoms. The first-order valence-electron chi connectivity index (χ1n) is 6.68. The van der Waals surface area contributed by atoms with Crippen LogP contribution in [0.25, 0.3) is 0 Å². The minimum atomic E-state index is -1.02. The summed E-state index contributed by atoms with van der Waals surface area (Å²) in [4.78, 5) is 23.2. The molecule has 6 heteroatoms. The largest absolute Gasteiger partial charge is 0.496 e. The smallest absolute Gasteiger partial charge is 0.326 e. The van der Waals surface area contributed by atoms with Gasteiger partial charge in [0.2, 0.25) is 5.91 Å². The quantitative estimate of drug-likeness (QED) is 0.786. The number of halogens is 1. The molecule has 2 N–H and O–H groups in total. The van der Waals surface area contributed by atoms with Gasteiger partial charge in [0.05, 0.1) is 13.5 Å². The Morgan fingerprint density at radius 1 is 1.38 bits per heavy atom. The van der Waals surface area contributed by atoms with Crippen LogP contribution in [0.2, 0.25) is 0 Å². The maximum absolute atomic E-state index is 12.0. The number of methoxy groups -OCH3 is 1. The van der Waals surface area contributed by atoms with E-state index in [1.807, 2.05) is 19.9 Å². The van der Waals surface area contributed by atoms with Gasteiger partial charge in [0.1, 0.15) is 11.8 Å². The fraction of sp³-hybridized carbons (Fsp3) is 0.467. The van der Waals surface area contributed by atoms with Crippen LogP contribution in [0.4, 0.5) is 0 Å². The number of ether oxygens (including phenoxy) is 1. The molecule has 0 aliphatic carbocycles. The fourth-order valence-corrected chi connectivity index (χ4v) is 2.41. The molecule has 1 aromatic rings. The molecule has 0 unspecified atom stereocenters. The van der Waals surface area contributed by atoms with E-state index in [0.717, 1.165) is 4.47 Å². The Hall–Kier alpha value is -1.56. The van der Waals surface area contributed by atoms with Crippen molar-refractivity contribution in [2.75, 3.05) is 7.11 Å². The number of carbonyl (C=O) groups is 2. The molecule has 1 amide bonds. The first-order chi connectivity index (χ1) is 9.83. The molecule has 0 radical (unpaired) electrons. The molecule has 0 aromatic heterocycles. The monoisotopic (exact) mass is 357 g/mol. The van der Waals surface area contributed by atoms with E-state index in [1.54, 1.807) is 12.1 Å². The van der Waals surface area contributed by atoms with Gasteiger partial charge < -0.3 is 15.2 Å². The second-order valence-corrected chi connectivity index (χ2v) is 6.14. The van der Waals surface area contributed by atoms with Gasteiger partial charge in [0.15, 0.2) is 0 Å². The van der Waals surface area contributed by atoms with Gasteiger partial charge in [-0.1, -0.05) is 29.8 Å². The van der Waals surface area contributed by atoms with Crippen molar-refractivity contribution >= 4 is 27.8 Å². The van der Waals surface area contributed by atoms with Crippen LogP contribution in [0.1, 0.15) is 25.8 Å². The van der Waals surface area contributed by atoms with Gasteiger partial charge in [-0.05, 0) is 30.5 Å². The molecule has 1 aromatic carbocycles. The number of benzene rings is 1. The summed E-state index contributed by atoms with van der Waals surface area (Å²) in [5.41, 5.74) is 0.707. The molecule has 5 nitrogen and oxygen atoms in total. The molecule has 1 rings (SSSR count). The summed E-state index contributed by atoms with van der Waals surface area (Å²) in [5.74, 6) is -0.561. The average Bonchev–Trinajstić information content (AvgIpc) is 2.37. The highest BCUT2D eigenvalue weighted by Crippen LogP contribution is 2.23. The van der Waals surface area contributed by atoms with E-state index in [9.17, 15) is 9.59 Å². The summed E-state index contributed by atoms with van der Waals surface area (Å²) in [5, 5.41) is 11.7. The normalized spacial score (nSPS) is 12.0. The predicted octanol–water partition coefficient (Wildman–Crippen LogP) is 2.62. The zero-order valence-electron chi connectivity index (χ0n) is 12.4. The Morgan fingerprint density at radius 2 is 2.05 bits per heavy atom. The topological polar surface area (TPSA) is 75.6 Å². The van der Waals surface area contributed by atoms with Gasteiger partial charge in [-0.25, -0.2) is 4.79 Å². The standard InChI is InChI=1S/C15H20BrNO4/c1-9(2)6-12(15(19)20)17-14(18)8-10-7-11(16)4-5-13(10)21-3/h4-5,7,9,12H,6,8H2,1-3H3,(H,17,18)(H,19,20)/t12-/m0/s1. The van der Waals surface area contributed by atoms with Gasteiger partial charge in [-0.3, -0.25) is 4.79 Å². The van der Waals surface area contributed by atoms with E-state index in [1.165, 1.54) is 7.11 Å².